The predicted octanol–water partition coefficient (Wildman–Crippen LogP) is -0.417. The molecule has 1 aliphatic rings. The molecule has 0 radical (unpaired) electrons. The maximum atomic E-state index is 11.1. The van der Waals surface area contributed by atoms with Gasteiger partial charge in [0.1, 0.15) is 6.04 Å². The first-order valence-electron chi connectivity index (χ1n) is 4.32. The molecule has 0 spiro atoms. The Balaban J connectivity index is 2.30. The van der Waals surface area contributed by atoms with E-state index in [-0.39, 0.29) is 12.0 Å². The molecule has 1 saturated heterocycles. The molecule has 0 amide bonds. The van der Waals surface area contributed by atoms with Crippen molar-refractivity contribution in [1.82, 2.24) is 4.90 Å². The number of rotatable bonds is 4. The summed E-state index contributed by atoms with van der Waals surface area (Å²) in [6, 6.07) is -0.0310. The SMILES string of the molecule is CN(CCCN)C1CCOC1=O. The lowest BCUT2D eigenvalue weighted by Gasteiger charge is -2.19. The van der Waals surface area contributed by atoms with Crippen LogP contribution in [0.5, 0.6) is 0 Å². The lowest BCUT2D eigenvalue weighted by atomic mass is 10.2. The second-order valence-electron chi connectivity index (χ2n) is 3.09. The Labute approximate surface area is 72.7 Å². The molecular formula is C8H16N2O2. The zero-order valence-electron chi connectivity index (χ0n) is 7.45. The van der Waals surface area contributed by atoms with Crippen LogP contribution in [0.4, 0.5) is 0 Å². The van der Waals surface area contributed by atoms with E-state index in [1.54, 1.807) is 0 Å². The summed E-state index contributed by atoms with van der Waals surface area (Å²) in [6.07, 6.45) is 1.75. The number of carbonyl (C=O) groups is 1. The highest BCUT2D eigenvalue weighted by molar-refractivity contribution is 5.77. The fourth-order valence-electron chi connectivity index (χ4n) is 1.38. The molecule has 4 heteroatoms. The van der Waals surface area contributed by atoms with Gasteiger partial charge in [-0.25, -0.2) is 0 Å². The minimum atomic E-state index is -0.0884. The van der Waals surface area contributed by atoms with E-state index < -0.39 is 0 Å². The van der Waals surface area contributed by atoms with Crippen molar-refractivity contribution in [2.24, 2.45) is 5.73 Å². The van der Waals surface area contributed by atoms with Gasteiger partial charge < -0.3 is 10.5 Å². The zero-order valence-corrected chi connectivity index (χ0v) is 7.45. The number of cyclic esters (lactones) is 1. The summed E-state index contributed by atoms with van der Waals surface area (Å²) in [5.41, 5.74) is 5.37. The largest absolute Gasteiger partial charge is 0.464 e. The molecule has 1 atom stereocenters. The Morgan fingerprint density at radius 2 is 2.50 bits per heavy atom. The van der Waals surface area contributed by atoms with Gasteiger partial charge in [0, 0.05) is 6.42 Å². The van der Waals surface area contributed by atoms with Gasteiger partial charge in [-0.2, -0.15) is 0 Å². The van der Waals surface area contributed by atoms with E-state index in [2.05, 4.69) is 0 Å². The van der Waals surface area contributed by atoms with Gasteiger partial charge in [-0.1, -0.05) is 0 Å². The quantitative estimate of drug-likeness (QED) is 0.585. The molecule has 1 rings (SSSR count). The lowest BCUT2D eigenvalue weighted by molar-refractivity contribution is -0.141. The summed E-state index contributed by atoms with van der Waals surface area (Å²) >= 11 is 0. The maximum absolute atomic E-state index is 11.1. The van der Waals surface area contributed by atoms with Crippen molar-refractivity contribution in [1.29, 1.82) is 0 Å². The van der Waals surface area contributed by atoms with Crippen LogP contribution in [0.1, 0.15) is 12.8 Å². The molecule has 1 unspecified atom stereocenters. The lowest BCUT2D eigenvalue weighted by Crippen LogP contribution is -2.36. The minimum Gasteiger partial charge on any atom is -0.464 e. The average Bonchev–Trinajstić information content (AvgIpc) is 2.47. The van der Waals surface area contributed by atoms with Crippen molar-refractivity contribution in [3.8, 4) is 0 Å². The highest BCUT2D eigenvalue weighted by Gasteiger charge is 2.29. The van der Waals surface area contributed by atoms with E-state index >= 15 is 0 Å². The van der Waals surface area contributed by atoms with Crippen LogP contribution in [0.15, 0.2) is 0 Å². The van der Waals surface area contributed by atoms with Gasteiger partial charge in [0.05, 0.1) is 6.61 Å². The first-order chi connectivity index (χ1) is 5.75. The van der Waals surface area contributed by atoms with Gasteiger partial charge in [-0.3, -0.25) is 9.69 Å². The molecule has 0 aromatic rings. The monoisotopic (exact) mass is 172 g/mol. The summed E-state index contributed by atoms with van der Waals surface area (Å²) in [5.74, 6) is -0.0884. The molecule has 1 fully saturated rings. The van der Waals surface area contributed by atoms with Gasteiger partial charge in [0.15, 0.2) is 0 Å². The maximum Gasteiger partial charge on any atom is 0.323 e. The van der Waals surface area contributed by atoms with Crippen LogP contribution >= 0.6 is 0 Å². The summed E-state index contributed by atoms with van der Waals surface area (Å²) < 4.78 is 4.85. The smallest absolute Gasteiger partial charge is 0.323 e. The van der Waals surface area contributed by atoms with Crippen LogP contribution in [0.25, 0.3) is 0 Å². The van der Waals surface area contributed by atoms with E-state index in [1.165, 1.54) is 0 Å². The number of hydrogen-bond acceptors (Lipinski definition) is 4. The van der Waals surface area contributed by atoms with Gasteiger partial charge >= 0.3 is 5.97 Å². The van der Waals surface area contributed by atoms with Crippen LogP contribution in [-0.4, -0.2) is 43.7 Å². The van der Waals surface area contributed by atoms with E-state index in [4.69, 9.17) is 10.5 Å². The number of likely N-dealkylation sites (N-methyl/N-ethyl adjacent to an activating group) is 1. The Morgan fingerprint density at radius 3 is 3.00 bits per heavy atom. The number of nitrogens with zero attached hydrogens (tertiary/aromatic N) is 1. The van der Waals surface area contributed by atoms with Gasteiger partial charge in [0.25, 0.3) is 0 Å². The van der Waals surface area contributed by atoms with Crippen LogP contribution in [0.2, 0.25) is 0 Å². The zero-order chi connectivity index (χ0) is 8.97. The summed E-state index contributed by atoms with van der Waals surface area (Å²) in [4.78, 5) is 13.1. The Morgan fingerprint density at radius 1 is 1.75 bits per heavy atom. The molecular weight excluding hydrogens is 156 g/mol. The number of nitrogens with two attached hydrogens (primary N) is 1. The fourth-order valence-corrected chi connectivity index (χ4v) is 1.38. The molecule has 1 heterocycles. The molecule has 0 aliphatic carbocycles. The van der Waals surface area contributed by atoms with Crippen molar-refractivity contribution >= 4 is 5.97 Å². The van der Waals surface area contributed by atoms with Crippen LogP contribution in [0, 0.1) is 0 Å². The third-order valence-electron chi connectivity index (χ3n) is 2.15. The number of hydrogen-bond donors (Lipinski definition) is 1. The molecule has 0 saturated carbocycles. The fraction of sp³-hybridized carbons (Fsp3) is 0.875. The third-order valence-corrected chi connectivity index (χ3v) is 2.15. The first-order valence-corrected chi connectivity index (χ1v) is 4.32. The normalized spacial score (nSPS) is 23.2. The van der Waals surface area contributed by atoms with Crippen molar-refractivity contribution in [2.75, 3.05) is 26.7 Å². The van der Waals surface area contributed by atoms with Crippen LogP contribution < -0.4 is 5.73 Å². The first kappa shape index (κ1) is 9.48. The Bertz CT molecular complexity index is 161. The molecule has 0 aromatic heterocycles. The Hall–Kier alpha value is -0.610. The molecule has 12 heavy (non-hydrogen) atoms. The highest BCUT2D eigenvalue weighted by atomic mass is 16.5. The van der Waals surface area contributed by atoms with Crippen LogP contribution in [0.3, 0.4) is 0 Å². The number of carbonyl (C=O) groups excluding carboxylic acids is 1. The molecule has 0 aromatic carbocycles. The number of ether oxygens (including phenoxy) is 1. The van der Waals surface area contributed by atoms with E-state index in [0.29, 0.717) is 13.2 Å². The topological polar surface area (TPSA) is 55.6 Å². The summed E-state index contributed by atoms with van der Waals surface area (Å²) in [5, 5.41) is 0. The van der Waals surface area contributed by atoms with Crippen molar-refractivity contribution in [3.05, 3.63) is 0 Å². The average molecular weight is 172 g/mol. The molecule has 70 valence electrons. The second-order valence-corrected chi connectivity index (χ2v) is 3.09. The number of esters is 1. The second kappa shape index (κ2) is 4.42. The molecule has 0 bridgehead atoms. The third kappa shape index (κ3) is 2.19. The van der Waals surface area contributed by atoms with Crippen molar-refractivity contribution in [2.45, 2.75) is 18.9 Å². The Kier molecular flexibility index (Phi) is 3.49. The molecule has 1 aliphatic heterocycles. The minimum absolute atomic E-state index is 0.0310. The van der Waals surface area contributed by atoms with Gasteiger partial charge in [0.2, 0.25) is 0 Å². The molecule has 2 N–H and O–H groups in total. The van der Waals surface area contributed by atoms with Crippen molar-refractivity contribution < 1.29 is 9.53 Å². The van der Waals surface area contributed by atoms with E-state index in [0.717, 1.165) is 19.4 Å². The molecule has 4 nitrogen and oxygen atoms in total. The van der Waals surface area contributed by atoms with Gasteiger partial charge in [-0.15, -0.1) is 0 Å². The van der Waals surface area contributed by atoms with Gasteiger partial charge in [-0.05, 0) is 26.6 Å². The standard InChI is InChI=1S/C8H16N2O2/c1-10(5-2-4-9)7-3-6-12-8(7)11/h7H,2-6,9H2,1H3. The summed E-state index contributed by atoms with van der Waals surface area (Å²) in [6.45, 7) is 2.11. The van der Waals surface area contributed by atoms with Crippen molar-refractivity contribution in [3.63, 3.8) is 0 Å². The van der Waals surface area contributed by atoms with E-state index in [1.807, 2.05) is 11.9 Å². The van der Waals surface area contributed by atoms with Crippen LogP contribution in [-0.2, 0) is 9.53 Å². The predicted molar refractivity (Wildman–Crippen MR) is 45.7 cm³/mol. The van der Waals surface area contributed by atoms with E-state index in [9.17, 15) is 4.79 Å². The highest BCUT2D eigenvalue weighted by Crippen LogP contribution is 2.11. The summed E-state index contributed by atoms with van der Waals surface area (Å²) in [7, 11) is 1.94.